The first-order chi connectivity index (χ1) is 15.5. The molecule has 4 rings (SSSR count). The van der Waals surface area contributed by atoms with Crippen LogP contribution in [0.5, 0.6) is 0 Å². The third-order valence-electron chi connectivity index (χ3n) is 5.17. The van der Waals surface area contributed by atoms with Gasteiger partial charge >= 0.3 is 19.9 Å². The van der Waals surface area contributed by atoms with Crippen molar-refractivity contribution in [2.24, 2.45) is 0 Å². The maximum Gasteiger partial charge on any atom is 0.469 e. The van der Waals surface area contributed by atoms with Gasteiger partial charge in [0.05, 0.1) is 24.4 Å². The zero-order chi connectivity index (χ0) is 23.9. The second-order valence-electron chi connectivity index (χ2n) is 7.45. The molecule has 1 aromatic carbocycles. The Bertz CT molecular complexity index is 1120. The lowest BCUT2D eigenvalue weighted by Crippen LogP contribution is -2.29. The third kappa shape index (κ3) is 4.81. The molecule has 2 saturated heterocycles. The Hall–Kier alpha value is -3.12. The molecule has 0 spiro atoms. The van der Waals surface area contributed by atoms with Crippen molar-refractivity contribution in [1.29, 1.82) is 0 Å². The fraction of sp³-hybridized carbons (Fsp3) is 0.316. The summed E-state index contributed by atoms with van der Waals surface area (Å²) in [6, 6.07) is 4.59. The van der Waals surface area contributed by atoms with Crippen LogP contribution in [0.2, 0.25) is 0 Å². The van der Waals surface area contributed by atoms with Crippen LogP contribution in [-0.2, 0) is 13.8 Å². The molecule has 11 nitrogen and oxygen atoms in total. The van der Waals surface area contributed by atoms with Gasteiger partial charge in [0.2, 0.25) is 0 Å². The summed E-state index contributed by atoms with van der Waals surface area (Å²) in [6.45, 7) is 0.192. The zero-order valence-electron chi connectivity index (χ0n) is 17.2. The summed E-state index contributed by atoms with van der Waals surface area (Å²) >= 11 is 0. The van der Waals surface area contributed by atoms with E-state index < -0.39 is 38.3 Å². The second kappa shape index (κ2) is 8.67. The number of halogens is 2. The summed E-state index contributed by atoms with van der Waals surface area (Å²) in [5.74, 6) is -1.56. The number of anilines is 2. The highest BCUT2D eigenvalue weighted by molar-refractivity contribution is 7.46. The number of hydrogen-bond donors (Lipinski definition) is 2. The van der Waals surface area contributed by atoms with Gasteiger partial charge in [-0.3, -0.25) is 14.3 Å². The molecular weight excluding hydrogens is 465 g/mol. The van der Waals surface area contributed by atoms with Crippen molar-refractivity contribution in [2.75, 3.05) is 43.1 Å². The van der Waals surface area contributed by atoms with Crippen molar-refractivity contribution in [1.82, 2.24) is 9.88 Å². The lowest BCUT2D eigenvalue weighted by atomic mass is 10.1. The Morgan fingerprint density at radius 1 is 1.18 bits per heavy atom. The number of benzene rings is 1. The molecule has 14 heteroatoms. The SMILES string of the molecule is CN1CCN(c2ccc(-c3c(F)cc(N4C[C@H](COP(=O)(O)O)OC4=O)cc3F)cn2)C1=O. The Morgan fingerprint density at radius 2 is 1.88 bits per heavy atom. The molecule has 3 amide bonds. The highest BCUT2D eigenvalue weighted by atomic mass is 31.2. The van der Waals surface area contributed by atoms with Crippen molar-refractivity contribution < 1.29 is 42.0 Å². The van der Waals surface area contributed by atoms with Crippen molar-refractivity contribution >= 4 is 31.5 Å². The first-order valence-electron chi connectivity index (χ1n) is 9.70. The fourth-order valence-electron chi connectivity index (χ4n) is 3.54. The first kappa shape index (κ1) is 23.1. The molecule has 0 bridgehead atoms. The first-order valence-corrected chi connectivity index (χ1v) is 11.2. The number of phosphoric acid groups is 1. The van der Waals surface area contributed by atoms with Crippen molar-refractivity contribution in [2.45, 2.75) is 6.10 Å². The summed E-state index contributed by atoms with van der Waals surface area (Å²) < 4.78 is 49.7. The van der Waals surface area contributed by atoms with Gasteiger partial charge in [0.15, 0.2) is 0 Å². The number of carbonyl (C=O) groups is 2. The number of likely N-dealkylation sites (N-methyl/N-ethyl adjacent to an activating group) is 1. The lowest BCUT2D eigenvalue weighted by molar-refractivity contribution is 0.0880. The van der Waals surface area contributed by atoms with Gasteiger partial charge in [-0.05, 0) is 24.3 Å². The molecule has 2 fully saturated rings. The second-order valence-corrected chi connectivity index (χ2v) is 8.69. The molecule has 2 aliphatic heterocycles. The quantitative estimate of drug-likeness (QED) is 0.597. The number of hydrogen-bond acceptors (Lipinski definition) is 6. The molecule has 3 heterocycles. The van der Waals surface area contributed by atoms with E-state index in [9.17, 15) is 22.9 Å². The van der Waals surface area contributed by atoms with E-state index in [1.54, 1.807) is 7.05 Å². The van der Waals surface area contributed by atoms with Crippen LogP contribution in [0.15, 0.2) is 30.5 Å². The number of cyclic esters (lactones) is 1. The predicted molar refractivity (Wildman–Crippen MR) is 111 cm³/mol. The number of nitrogens with zero attached hydrogens (tertiary/aromatic N) is 4. The molecule has 176 valence electrons. The summed E-state index contributed by atoms with van der Waals surface area (Å²) in [4.78, 5) is 49.7. The Morgan fingerprint density at radius 3 is 2.42 bits per heavy atom. The normalized spacial score (nSPS) is 18.9. The fourth-order valence-corrected chi connectivity index (χ4v) is 3.90. The molecule has 1 atom stereocenters. The molecule has 0 aliphatic carbocycles. The molecule has 1 aromatic heterocycles. The molecule has 2 aliphatic rings. The summed E-state index contributed by atoms with van der Waals surface area (Å²) in [7, 11) is -3.10. The van der Waals surface area contributed by atoms with Crippen LogP contribution in [0.4, 0.5) is 29.9 Å². The van der Waals surface area contributed by atoms with E-state index in [0.717, 1.165) is 17.0 Å². The van der Waals surface area contributed by atoms with E-state index in [-0.39, 0.29) is 29.4 Å². The topological polar surface area (TPSA) is 133 Å². The van der Waals surface area contributed by atoms with E-state index >= 15 is 0 Å². The van der Waals surface area contributed by atoms with Crippen LogP contribution >= 0.6 is 7.82 Å². The smallest absolute Gasteiger partial charge is 0.441 e. The molecule has 0 unspecified atom stereocenters. The van der Waals surface area contributed by atoms with Crippen LogP contribution in [0.25, 0.3) is 11.1 Å². The van der Waals surface area contributed by atoms with Gasteiger partial charge in [0, 0.05) is 31.9 Å². The zero-order valence-corrected chi connectivity index (χ0v) is 18.1. The van der Waals surface area contributed by atoms with Gasteiger partial charge in [-0.1, -0.05) is 0 Å². The van der Waals surface area contributed by atoms with Crippen LogP contribution in [0.3, 0.4) is 0 Å². The molecule has 2 N–H and O–H groups in total. The molecule has 0 radical (unpaired) electrons. The minimum atomic E-state index is -4.76. The highest BCUT2D eigenvalue weighted by Crippen LogP contribution is 2.37. The van der Waals surface area contributed by atoms with E-state index in [1.807, 2.05) is 0 Å². The molecule has 2 aromatic rings. The van der Waals surface area contributed by atoms with Crippen LogP contribution in [-0.4, -0.2) is 71.2 Å². The van der Waals surface area contributed by atoms with Gasteiger partial charge in [0.25, 0.3) is 0 Å². The third-order valence-corrected chi connectivity index (χ3v) is 5.66. The van der Waals surface area contributed by atoms with Crippen molar-refractivity contribution in [3.8, 4) is 11.1 Å². The predicted octanol–water partition coefficient (Wildman–Crippen LogP) is 2.33. The number of pyridine rings is 1. The van der Waals surface area contributed by atoms with Gasteiger partial charge in [0.1, 0.15) is 23.6 Å². The van der Waals surface area contributed by atoms with Gasteiger partial charge in [-0.25, -0.2) is 27.9 Å². The van der Waals surface area contributed by atoms with Crippen molar-refractivity contribution in [3.05, 3.63) is 42.1 Å². The summed E-state index contributed by atoms with van der Waals surface area (Å²) in [5.41, 5.74) is -0.360. The van der Waals surface area contributed by atoms with Crippen molar-refractivity contribution in [3.63, 3.8) is 0 Å². The average molecular weight is 484 g/mol. The number of rotatable bonds is 6. The number of aromatic nitrogens is 1. The highest BCUT2D eigenvalue weighted by Gasteiger charge is 2.35. The Labute approximate surface area is 186 Å². The summed E-state index contributed by atoms with van der Waals surface area (Å²) in [6.07, 6.45) is -0.714. The van der Waals surface area contributed by atoms with E-state index in [2.05, 4.69) is 9.51 Å². The van der Waals surface area contributed by atoms with Gasteiger partial charge in [-0.2, -0.15) is 0 Å². The van der Waals surface area contributed by atoms with E-state index in [1.165, 1.54) is 28.1 Å². The number of carbonyl (C=O) groups excluding carboxylic acids is 2. The largest absolute Gasteiger partial charge is 0.469 e. The van der Waals surface area contributed by atoms with Gasteiger partial charge < -0.3 is 19.4 Å². The van der Waals surface area contributed by atoms with Crippen LogP contribution in [0.1, 0.15) is 0 Å². The minimum Gasteiger partial charge on any atom is -0.441 e. The maximum absolute atomic E-state index is 14.8. The number of ether oxygens (including phenoxy) is 1. The number of phosphoric ester groups is 1. The van der Waals surface area contributed by atoms with E-state index in [4.69, 9.17) is 14.5 Å². The molecule has 0 saturated carbocycles. The standard InChI is InChI=1S/C19H19F2N4O7P/c1-23-4-5-24(18(23)26)16-3-2-11(8-22-16)17-14(20)6-12(7-15(17)21)25-9-13(32-19(25)27)10-31-33(28,29)30/h2-3,6-8,13H,4-5,9-10H2,1H3,(H2,28,29,30)/t13-/m1/s1. The monoisotopic (exact) mass is 484 g/mol. The minimum absolute atomic E-state index is 0.132. The number of amides is 3. The van der Waals surface area contributed by atoms with Crippen LogP contribution < -0.4 is 9.80 Å². The van der Waals surface area contributed by atoms with Gasteiger partial charge in [-0.15, -0.1) is 0 Å². The Balaban J connectivity index is 1.53. The van der Waals surface area contributed by atoms with Crippen LogP contribution in [0, 0.1) is 11.6 Å². The molecular formula is C19H19F2N4O7P. The summed E-state index contributed by atoms with van der Waals surface area (Å²) in [5, 5.41) is 0. The number of urea groups is 1. The van der Waals surface area contributed by atoms with E-state index in [0.29, 0.717) is 18.9 Å². The average Bonchev–Trinajstić information content (AvgIpc) is 3.28. The molecule has 33 heavy (non-hydrogen) atoms. The maximum atomic E-state index is 14.8. The lowest BCUT2D eigenvalue weighted by Gasteiger charge is -2.17. The Kier molecular flexibility index (Phi) is 6.06.